The van der Waals surface area contributed by atoms with E-state index in [2.05, 4.69) is 44.4 Å². The fraction of sp³-hybridized carbons (Fsp3) is 0.571. The summed E-state index contributed by atoms with van der Waals surface area (Å²) in [7, 11) is 2.05. The molecule has 1 aliphatic rings. The molecule has 1 aromatic rings. The van der Waals surface area contributed by atoms with Crippen molar-refractivity contribution in [3.63, 3.8) is 0 Å². The third-order valence-corrected chi connectivity index (χ3v) is 3.72. The largest absolute Gasteiger partial charge is 0.319 e. The molecule has 1 aromatic carbocycles. The molecule has 0 aliphatic heterocycles. The molecule has 0 spiro atoms. The molecule has 0 bridgehead atoms. The lowest BCUT2D eigenvalue weighted by atomic mass is 9.69. The second-order valence-corrected chi connectivity index (χ2v) is 4.86. The standard InChI is InChI=1S/C14H21N/c1-10-4-5-11(2)14(8-10)13-7-6-12(13)9-15-3/h4-5,8,12-13,15H,6-7,9H2,1-3H3. The molecule has 1 aliphatic carbocycles. The molecule has 1 fully saturated rings. The van der Waals surface area contributed by atoms with Gasteiger partial charge in [-0.1, -0.05) is 23.8 Å². The van der Waals surface area contributed by atoms with E-state index in [1.807, 2.05) is 0 Å². The molecule has 82 valence electrons. The van der Waals surface area contributed by atoms with Gasteiger partial charge < -0.3 is 5.32 Å². The molecule has 1 N–H and O–H groups in total. The van der Waals surface area contributed by atoms with E-state index in [1.165, 1.54) is 24.0 Å². The van der Waals surface area contributed by atoms with Gasteiger partial charge in [-0.2, -0.15) is 0 Å². The second kappa shape index (κ2) is 4.36. The van der Waals surface area contributed by atoms with Crippen molar-refractivity contribution in [2.75, 3.05) is 13.6 Å². The van der Waals surface area contributed by atoms with E-state index in [0.717, 1.165) is 18.4 Å². The van der Waals surface area contributed by atoms with Gasteiger partial charge in [0.2, 0.25) is 0 Å². The molecule has 1 heteroatoms. The van der Waals surface area contributed by atoms with E-state index in [4.69, 9.17) is 0 Å². The van der Waals surface area contributed by atoms with Gasteiger partial charge in [0.05, 0.1) is 0 Å². The Morgan fingerprint density at radius 2 is 2.07 bits per heavy atom. The fourth-order valence-corrected chi connectivity index (χ4v) is 2.64. The van der Waals surface area contributed by atoms with Crippen molar-refractivity contribution in [3.05, 3.63) is 34.9 Å². The van der Waals surface area contributed by atoms with Crippen LogP contribution < -0.4 is 5.32 Å². The summed E-state index contributed by atoms with van der Waals surface area (Å²) in [4.78, 5) is 0. The summed E-state index contributed by atoms with van der Waals surface area (Å²) >= 11 is 0. The molecule has 0 radical (unpaired) electrons. The van der Waals surface area contributed by atoms with Gasteiger partial charge >= 0.3 is 0 Å². The number of hydrogen-bond donors (Lipinski definition) is 1. The maximum Gasteiger partial charge on any atom is -0.00177 e. The van der Waals surface area contributed by atoms with Crippen LogP contribution in [0.4, 0.5) is 0 Å². The molecule has 0 heterocycles. The van der Waals surface area contributed by atoms with Crippen LogP contribution in [0.25, 0.3) is 0 Å². The van der Waals surface area contributed by atoms with E-state index in [1.54, 1.807) is 5.56 Å². The molecular weight excluding hydrogens is 182 g/mol. The molecule has 2 unspecified atom stereocenters. The van der Waals surface area contributed by atoms with E-state index >= 15 is 0 Å². The number of rotatable bonds is 3. The Labute approximate surface area is 92.9 Å². The monoisotopic (exact) mass is 203 g/mol. The molecule has 1 nitrogen and oxygen atoms in total. The Bertz CT molecular complexity index is 343. The molecule has 0 amide bonds. The summed E-state index contributed by atoms with van der Waals surface area (Å²) in [6.07, 6.45) is 2.76. The van der Waals surface area contributed by atoms with Crippen molar-refractivity contribution in [3.8, 4) is 0 Å². The zero-order chi connectivity index (χ0) is 10.8. The van der Waals surface area contributed by atoms with E-state index in [0.29, 0.717) is 0 Å². The molecule has 15 heavy (non-hydrogen) atoms. The smallest absolute Gasteiger partial charge is 0.00177 e. The summed E-state index contributed by atoms with van der Waals surface area (Å²) in [6, 6.07) is 6.85. The maximum atomic E-state index is 3.30. The van der Waals surface area contributed by atoms with Crippen LogP contribution in [0.1, 0.15) is 35.4 Å². The van der Waals surface area contributed by atoms with Gasteiger partial charge in [0, 0.05) is 0 Å². The van der Waals surface area contributed by atoms with Gasteiger partial charge in [0.1, 0.15) is 0 Å². The summed E-state index contributed by atoms with van der Waals surface area (Å²) < 4.78 is 0. The van der Waals surface area contributed by atoms with Gasteiger partial charge in [0.25, 0.3) is 0 Å². The van der Waals surface area contributed by atoms with Crippen LogP contribution in [0.2, 0.25) is 0 Å². The van der Waals surface area contributed by atoms with Crippen LogP contribution in [-0.2, 0) is 0 Å². The van der Waals surface area contributed by atoms with Crippen molar-refractivity contribution in [2.45, 2.75) is 32.6 Å². The topological polar surface area (TPSA) is 12.0 Å². The maximum absolute atomic E-state index is 3.30. The zero-order valence-electron chi connectivity index (χ0n) is 10.0. The average Bonchev–Trinajstić information content (AvgIpc) is 2.18. The molecule has 2 rings (SSSR count). The summed E-state index contributed by atoms with van der Waals surface area (Å²) in [5.41, 5.74) is 4.44. The Morgan fingerprint density at radius 3 is 2.67 bits per heavy atom. The number of benzene rings is 1. The lowest BCUT2D eigenvalue weighted by Gasteiger charge is -2.38. The van der Waals surface area contributed by atoms with E-state index in [-0.39, 0.29) is 0 Å². The first-order valence-corrected chi connectivity index (χ1v) is 5.94. The minimum absolute atomic E-state index is 0.803. The van der Waals surface area contributed by atoms with Gasteiger partial charge in [-0.05, 0) is 63.2 Å². The molecule has 1 saturated carbocycles. The first kappa shape index (κ1) is 10.7. The van der Waals surface area contributed by atoms with Crippen LogP contribution >= 0.6 is 0 Å². The Balaban J connectivity index is 2.18. The van der Waals surface area contributed by atoms with Gasteiger partial charge in [-0.25, -0.2) is 0 Å². The van der Waals surface area contributed by atoms with Crippen LogP contribution in [0.15, 0.2) is 18.2 Å². The number of aryl methyl sites for hydroxylation is 2. The summed E-state index contributed by atoms with van der Waals surface area (Å²) in [5, 5.41) is 3.30. The van der Waals surface area contributed by atoms with Crippen molar-refractivity contribution in [2.24, 2.45) is 5.92 Å². The lowest BCUT2D eigenvalue weighted by Crippen LogP contribution is -2.32. The highest BCUT2D eigenvalue weighted by atomic mass is 14.8. The molecule has 0 aromatic heterocycles. The van der Waals surface area contributed by atoms with E-state index in [9.17, 15) is 0 Å². The predicted molar refractivity (Wildman–Crippen MR) is 65.3 cm³/mol. The fourth-order valence-electron chi connectivity index (χ4n) is 2.64. The van der Waals surface area contributed by atoms with Crippen LogP contribution in [0.3, 0.4) is 0 Å². The third-order valence-electron chi connectivity index (χ3n) is 3.72. The normalized spacial score (nSPS) is 25.0. The quantitative estimate of drug-likeness (QED) is 0.796. The second-order valence-electron chi connectivity index (χ2n) is 4.86. The lowest BCUT2D eigenvalue weighted by molar-refractivity contribution is 0.250. The Kier molecular flexibility index (Phi) is 3.11. The zero-order valence-corrected chi connectivity index (χ0v) is 10.0. The van der Waals surface area contributed by atoms with E-state index < -0.39 is 0 Å². The Hall–Kier alpha value is -0.820. The van der Waals surface area contributed by atoms with Gasteiger partial charge in [-0.3, -0.25) is 0 Å². The first-order chi connectivity index (χ1) is 7.22. The predicted octanol–water partition coefficient (Wildman–Crippen LogP) is 3.02. The average molecular weight is 203 g/mol. The van der Waals surface area contributed by atoms with Crippen LogP contribution in [-0.4, -0.2) is 13.6 Å². The third kappa shape index (κ3) is 2.07. The molecule has 2 atom stereocenters. The van der Waals surface area contributed by atoms with Crippen LogP contribution in [0.5, 0.6) is 0 Å². The van der Waals surface area contributed by atoms with Crippen molar-refractivity contribution in [1.82, 2.24) is 5.32 Å². The van der Waals surface area contributed by atoms with Crippen molar-refractivity contribution >= 4 is 0 Å². The van der Waals surface area contributed by atoms with Gasteiger partial charge in [0.15, 0.2) is 0 Å². The number of hydrogen-bond acceptors (Lipinski definition) is 1. The summed E-state index contributed by atoms with van der Waals surface area (Å²) in [5.74, 6) is 1.66. The molecule has 0 saturated heterocycles. The number of nitrogens with one attached hydrogen (secondary N) is 1. The highest BCUT2D eigenvalue weighted by Gasteiger charge is 2.32. The minimum Gasteiger partial charge on any atom is -0.319 e. The Morgan fingerprint density at radius 1 is 1.27 bits per heavy atom. The van der Waals surface area contributed by atoms with Crippen LogP contribution in [0, 0.1) is 19.8 Å². The van der Waals surface area contributed by atoms with Gasteiger partial charge in [-0.15, -0.1) is 0 Å². The minimum atomic E-state index is 0.803. The summed E-state index contributed by atoms with van der Waals surface area (Å²) in [6.45, 7) is 5.59. The highest BCUT2D eigenvalue weighted by Crippen LogP contribution is 2.43. The van der Waals surface area contributed by atoms with Crippen molar-refractivity contribution in [1.29, 1.82) is 0 Å². The highest BCUT2D eigenvalue weighted by molar-refractivity contribution is 5.35. The first-order valence-electron chi connectivity index (χ1n) is 5.94. The van der Waals surface area contributed by atoms with Crippen molar-refractivity contribution < 1.29 is 0 Å². The molecular formula is C14H21N. The SMILES string of the molecule is CNCC1CCC1c1cc(C)ccc1C.